The first-order valence-corrected chi connectivity index (χ1v) is 18.5. The minimum atomic E-state index is -1.22. The van der Waals surface area contributed by atoms with Crippen molar-refractivity contribution >= 4 is 45.0 Å². The molecule has 3 aromatic carbocycles. The van der Waals surface area contributed by atoms with Gasteiger partial charge in [-0.05, 0) is 68.1 Å². The molecule has 12 nitrogen and oxygen atoms in total. The summed E-state index contributed by atoms with van der Waals surface area (Å²) in [5.74, 6) is 0.547. The maximum atomic E-state index is 14.6. The van der Waals surface area contributed by atoms with E-state index in [0.29, 0.717) is 35.3 Å². The van der Waals surface area contributed by atoms with Gasteiger partial charge in [-0.3, -0.25) is 14.4 Å². The molecule has 3 heterocycles. The Balaban J connectivity index is 1.17. The van der Waals surface area contributed by atoms with E-state index in [1.54, 1.807) is 43.4 Å². The van der Waals surface area contributed by atoms with Gasteiger partial charge in [-0.2, -0.15) is 5.48 Å². The normalized spacial score (nSPS) is 25.4. The zero-order valence-corrected chi connectivity index (χ0v) is 30.0. The van der Waals surface area contributed by atoms with Crippen molar-refractivity contribution in [3.8, 4) is 22.4 Å². The highest BCUT2D eigenvalue weighted by Crippen LogP contribution is 2.46. The fourth-order valence-electron chi connectivity index (χ4n) is 6.97. The second-order valence-corrected chi connectivity index (χ2v) is 14.4. The number of ether oxygens (including phenoxy) is 3. The lowest BCUT2D eigenvalue weighted by atomic mass is 10.0. The Morgan fingerprint density at radius 1 is 0.962 bits per heavy atom. The third kappa shape index (κ3) is 7.79. The molecule has 0 radical (unpaired) electrons. The molecule has 7 rings (SSSR count). The first kappa shape index (κ1) is 35.1. The number of benzene rings is 3. The number of para-hydroxylation sites is 1. The average molecular weight is 726 g/mol. The quantitative estimate of drug-likeness (QED) is 0.148. The first-order valence-electron chi connectivity index (χ1n) is 17.7. The predicted molar refractivity (Wildman–Crippen MR) is 198 cm³/mol. The largest absolute Gasteiger partial charge is 0.497 e. The van der Waals surface area contributed by atoms with E-state index >= 15 is 0 Å². The number of methoxy groups -OCH3 is 2. The van der Waals surface area contributed by atoms with Gasteiger partial charge in [-0.1, -0.05) is 60.6 Å². The van der Waals surface area contributed by atoms with Crippen molar-refractivity contribution in [1.82, 2.24) is 20.7 Å². The number of nitrogens with zero attached hydrogens (tertiary/aromatic N) is 2. The fourth-order valence-corrected chi connectivity index (χ4v) is 7.88. The van der Waals surface area contributed by atoms with Gasteiger partial charge in [-0.25, -0.2) is 4.98 Å². The molecule has 3 aliphatic rings. The molecule has 5 atom stereocenters. The van der Waals surface area contributed by atoms with E-state index in [9.17, 15) is 14.4 Å². The number of hydrogen-bond acceptors (Lipinski definition) is 10. The number of rotatable bonds is 9. The van der Waals surface area contributed by atoms with Crippen molar-refractivity contribution in [2.75, 3.05) is 26.1 Å². The Morgan fingerprint density at radius 3 is 2.60 bits per heavy atom. The maximum Gasteiger partial charge on any atom is 0.278 e. The number of carbonyl (C=O) groups excluding carboxylic acids is 3. The van der Waals surface area contributed by atoms with Crippen LogP contribution in [0.4, 0.5) is 5.69 Å². The van der Waals surface area contributed by atoms with Crippen molar-refractivity contribution in [3.63, 3.8) is 0 Å². The Kier molecular flexibility index (Phi) is 10.5. The average Bonchev–Trinajstić information content (AvgIpc) is 3.46. The lowest BCUT2D eigenvalue weighted by Crippen LogP contribution is -2.57. The van der Waals surface area contributed by atoms with Crippen molar-refractivity contribution in [1.29, 1.82) is 0 Å². The Bertz CT molecular complexity index is 1940. The number of hydrogen-bond donors (Lipinski definition) is 3. The highest BCUT2D eigenvalue weighted by molar-refractivity contribution is 7.20. The predicted octanol–water partition coefficient (Wildman–Crippen LogP) is 5.65. The van der Waals surface area contributed by atoms with Crippen LogP contribution in [-0.4, -0.2) is 72.1 Å². The molecule has 272 valence electrons. The molecule has 13 heteroatoms. The van der Waals surface area contributed by atoms with Gasteiger partial charge >= 0.3 is 0 Å². The van der Waals surface area contributed by atoms with Gasteiger partial charge in [0.25, 0.3) is 11.1 Å². The van der Waals surface area contributed by atoms with Gasteiger partial charge in [0.1, 0.15) is 35.2 Å². The lowest BCUT2D eigenvalue weighted by molar-refractivity contribution is -0.141. The number of allylic oxidation sites excluding steroid dienone is 1. The molecule has 3 N–H and O–H groups in total. The molecule has 1 aliphatic carbocycles. The van der Waals surface area contributed by atoms with Crippen LogP contribution in [0.3, 0.4) is 0 Å². The SMILES string of the molecule is COc1cccc(N[C@H]2CCCCC/C=C\[C@H]3C[C@@]3(C(=O)NOc3ccccc3)NC(=O)[C@@H]3C[C@@H](Oc4nc5ccc(OC)cc5s4)CN3C2=O)c1. The van der Waals surface area contributed by atoms with Gasteiger partial charge in [0.15, 0.2) is 5.75 Å². The topological polar surface area (TPSA) is 140 Å². The fraction of sp³-hybridized carbons (Fsp3) is 0.385. The molecule has 1 saturated carbocycles. The molecule has 4 aromatic rings. The number of hydroxylamine groups is 1. The van der Waals surface area contributed by atoms with E-state index < -0.39 is 35.5 Å². The molecule has 1 aromatic heterocycles. The van der Waals surface area contributed by atoms with E-state index in [0.717, 1.165) is 41.6 Å². The summed E-state index contributed by atoms with van der Waals surface area (Å²) in [5, 5.41) is 6.94. The lowest BCUT2D eigenvalue weighted by Gasteiger charge is -2.30. The van der Waals surface area contributed by atoms with Crippen LogP contribution in [0.5, 0.6) is 22.4 Å². The van der Waals surface area contributed by atoms with Crippen LogP contribution in [0.2, 0.25) is 0 Å². The molecule has 52 heavy (non-hydrogen) atoms. The van der Waals surface area contributed by atoms with Crippen LogP contribution in [0.25, 0.3) is 10.2 Å². The van der Waals surface area contributed by atoms with Crippen LogP contribution in [0.15, 0.2) is 84.9 Å². The van der Waals surface area contributed by atoms with Crippen LogP contribution < -0.4 is 35.2 Å². The number of amides is 3. The molecule has 0 bridgehead atoms. The molecular formula is C39H43N5O7S. The zero-order valence-electron chi connectivity index (χ0n) is 29.2. The molecule has 3 amide bonds. The van der Waals surface area contributed by atoms with Crippen LogP contribution in [0, 0.1) is 5.92 Å². The first-order chi connectivity index (χ1) is 25.3. The number of nitrogens with one attached hydrogen (secondary N) is 3. The number of aromatic nitrogens is 1. The van der Waals surface area contributed by atoms with E-state index in [1.165, 1.54) is 11.3 Å². The Labute approximate surface area is 306 Å². The highest BCUT2D eigenvalue weighted by atomic mass is 32.1. The molecular weight excluding hydrogens is 683 g/mol. The summed E-state index contributed by atoms with van der Waals surface area (Å²) < 4.78 is 18.1. The highest BCUT2D eigenvalue weighted by Gasteiger charge is 2.61. The second-order valence-electron chi connectivity index (χ2n) is 13.4. The monoisotopic (exact) mass is 725 g/mol. The van der Waals surface area contributed by atoms with Crippen LogP contribution in [0.1, 0.15) is 44.9 Å². The van der Waals surface area contributed by atoms with E-state index in [-0.39, 0.29) is 24.8 Å². The third-order valence-electron chi connectivity index (χ3n) is 9.90. The van der Waals surface area contributed by atoms with Crippen molar-refractivity contribution in [2.45, 2.75) is 68.7 Å². The molecule has 2 fully saturated rings. The van der Waals surface area contributed by atoms with Crippen LogP contribution in [-0.2, 0) is 14.4 Å². The van der Waals surface area contributed by atoms with Gasteiger partial charge in [0, 0.05) is 24.1 Å². The van der Waals surface area contributed by atoms with E-state index in [4.69, 9.17) is 19.0 Å². The number of fused-ring (bicyclic) bond motifs is 3. The van der Waals surface area contributed by atoms with Crippen molar-refractivity contribution < 1.29 is 33.4 Å². The van der Waals surface area contributed by atoms with Gasteiger partial charge in [0.05, 0.1) is 31.0 Å². The molecule has 1 saturated heterocycles. The Hall–Kier alpha value is -5.30. The second kappa shape index (κ2) is 15.5. The van der Waals surface area contributed by atoms with Gasteiger partial charge in [0.2, 0.25) is 11.8 Å². The summed E-state index contributed by atoms with van der Waals surface area (Å²) in [7, 11) is 3.21. The number of carbonyl (C=O) groups is 3. The van der Waals surface area contributed by atoms with Crippen LogP contribution >= 0.6 is 11.3 Å². The zero-order chi connectivity index (χ0) is 36.1. The Morgan fingerprint density at radius 2 is 1.77 bits per heavy atom. The maximum absolute atomic E-state index is 14.6. The smallest absolute Gasteiger partial charge is 0.278 e. The summed E-state index contributed by atoms with van der Waals surface area (Å²) in [6.07, 6.45) is 8.29. The minimum absolute atomic E-state index is 0.173. The van der Waals surface area contributed by atoms with Crippen molar-refractivity contribution in [2.24, 2.45) is 5.92 Å². The summed E-state index contributed by atoms with van der Waals surface area (Å²) >= 11 is 1.38. The van der Waals surface area contributed by atoms with Gasteiger partial charge < -0.3 is 34.6 Å². The number of thiazole rings is 1. The van der Waals surface area contributed by atoms with E-state index in [2.05, 4.69) is 27.2 Å². The minimum Gasteiger partial charge on any atom is -0.497 e. The van der Waals surface area contributed by atoms with Gasteiger partial charge in [-0.15, -0.1) is 0 Å². The molecule has 2 aliphatic heterocycles. The number of anilines is 1. The molecule has 0 spiro atoms. The standard InChI is InChI=1S/C39H43N5O7S/c1-48-28-16-11-13-26(20-28)40-32-17-10-5-3-4-7-12-25-23-39(25,37(47)43-51-27-14-8-6-9-15-27)42-35(45)33-21-30(24-44(33)36(32)46)50-38-41-31-19-18-29(49-2)22-34(31)52-38/h6-9,11-16,18-20,22,25,30,32-33,40H,3-5,10,17,21,23-24H2,1-2H3,(H,42,45)(H,43,47)/b12-7-/t25-,30+,32-,33-,39+/m0/s1. The summed E-state index contributed by atoms with van der Waals surface area (Å²) in [5.41, 5.74) is 2.85. The third-order valence-corrected chi connectivity index (χ3v) is 10.8. The van der Waals surface area contributed by atoms with E-state index in [1.807, 2.05) is 54.6 Å². The molecule has 0 unspecified atom stereocenters. The van der Waals surface area contributed by atoms with Crippen molar-refractivity contribution in [3.05, 3.63) is 84.9 Å². The summed E-state index contributed by atoms with van der Waals surface area (Å²) in [4.78, 5) is 54.6. The summed E-state index contributed by atoms with van der Waals surface area (Å²) in [6.45, 7) is 0.173. The summed E-state index contributed by atoms with van der Waals surface area (Å²) in [6, 6.07) is 20.5.